The first-order valence-electron chi connectivity index (χ1n) is 6.52. The predicted molar refractivity (Wildman–Crippen MR) is 78.7 cm³/mol. The van der Waals surface area contributed by atoms with E-state index >= 15 is 0 Å². The maximum atomic E-state index is 12.0. The summed E-state index contributed by atoms with van der Waals surface area (Å²) in [6, 6.07) is 7.86. The fraction of sp³-hybridized carbons (Fsp3) is 0.500. The van der Waals surface area contributed by atoms with Gasteiger partial charge in [-0.1, -0.05) is 25.1 Å². The fourth-order valence-electron chi connectivity index (χ4n) is 2.05. The third kappa shape index (κ3) is 4.49. The fourth-order valence-corrected chi connectivity index (χ4v) is 2.05. The van der Waals surface area contributed by atoms with Crippen molar-refractivity contribution >= 4 is 24.0 Å². The van der Waals surface area contributed by atoms with Crippen LogP contribution in [0.2, 0.25) is 0 Å². The third-order valence-electron chi connectivity index (χ3n) is 3.06. The molecule has 1 aliphatic rings. The van der Waals surface area contributed by atoms with E-state index in [0.29, 0.717) is 6.61 Å². The van der Waals surface area contributed by atoms with E-state index in [9.17, 15) is 4.79 Å². The topological polar surface area (TPSA) is 50.4 Å². The Kier molecular flexibility index (Phi) is 6.84. The van der Waals surface area contributed by atoms with E-state index in [2.05, 4.69) is 17.6 Å². The Bertz CT molecular complexity index is 406. The highest BCUT2D eigenvalue weighted by Gasteiger charge is 2.23. The van der Waals surface area contributed by atoms with E-state index in [-0.39, 0.29) is 24.4 Å². The first-order chi connectivity index (χ1) is 8.81. The van der Waals surface area contributed by atoms with Crippen LogP contribution in [0.25, 0.3) is 0 Å². The summed E-state index contributed by atoms with van der Waals surface area (Å²) in [7, 11) is 0. The minimum absolute atomic E-state index is 0. The van der Waals surface area contributed by atoms with E-state index in [1.54, 1.807) is 0 Å². The number of rotatable bonds is 5. The molecule has 0 saturated carbocycles. The van der Waals surface area contributed by atoms with Crippen LogP contribution in [0.4, 0.5) is 5.69 Å². The zero-order chi connectivity index (χ0) is 12.8. The molecule has 0 aromatic heterocycles. The number of amides is 1. The third-order valence-corrected chi connectivity index (χ3v) is 3.06. The number of carbonyl (C=O) groups is 1. The number of carbonyl (C=O) groups excluding carboxylic acids is 1. The summed E-state index contributed by atoms with van der Waals surface area (Å²) in [4.78, 5) is 12.0. The van der Waals surface area contributed by atoms with Gasteiger partial charge in [-0.25, -0.2) is 0 Å². The number of para-hydroxylation sites is 1. The monoisotopic (exact) mass is 284 g/mol. The molecule has 1 aliphatic heterocycles. The molecule has 1 atom stereocenters. The zero-order valence-corrected chi connectivity index (χ0v) is 12.0. The van der Waals surface area contributed by atoms with Gasteiger partial charge in [0.15, 0.2) is 0 Å². The molecule has 2 N–H and O–H groups in total. The van der Waals surface area contributed by atoms with E-state index in [4.69, 9.17) is 4.74 Å². The Morgan fingerprint density at radius 2 is 2.21 bits per heavy atom. The lowest BCUT2D eigenvalue weighted by molar-refractivity contribution is -0.124. The molecule has 0 radical (unpaired) electrons. The van der Waals surface area contributed by atoms with Gasteiger partial charge in [0.25, 0.3) is 5.91 Å². The van der Waals surface area contributed by atoms with Crippen LogP contribution < -0.4 is 10.6 Å². The molecule has 0 spiro atoms. The Morgan fingerprint density at radius 1 is 1.42 bits per heavy atom. The minimum Gasteiger partial charge on any atom is -0.368 e. The van der Waals surface area contributed by atoms with Crippen LogP contribution in [0.5, 0.6) is 0 Å². The van der Waals surface area contributed by atoms with E-state index < -0.39 is 0 Å². The number of nitrogens with one attached hydrogen (secondary N) is 2. The molecule has 19 heavy (non-hydrogen) atoms. The van der Waals surface area contributed by atoms with Gasteiger partial charge in [0.05, 0.1) is 0 Å². The van der Waals surface area contributed by atoms with Gasteiger partial charge in [-0.2, -0.15) is 0 Å². The molecule has 0 bridgehead atoms. The largest absolute Gasteiger partial charge is 0.368 e. The highest BCUT2D eigenvalue weighted by molar-refractivity contribution is 5.94. The van der Waals surface area contributed by atoms with Crippen molar-refractivity contribution in [1.82, 2.24) is 5.32 Å². The summed E-state index contributed by atoms with van der Waals surface area (Å²) in [6.07, 6.45) is 1.51. The van der Waals surface area contributed by atoms with Gasteiger partial charge >= 0.3 is 0 Å². The van der Waals surface area contributed by atoms with Gasteiger partial charge in [-0.3, -0.25) is 4.79 Å². The van der Waals surface area contributed by atoms with Gasteiger partial charge in [0.1, 0.15) is 6.10 Å². The van der Waals surface area contributed by atoms with Crippen LogP contribution in [0, 0.1) is 0 Å². The summed E-state index contributed by atoms with van der Waals surface area (Å²) in [6.45, 7) is 4.43. The molecule has 1 amide bonds. The summed E-state index contributed by atoms with van der Waals surface area (Å²) < 4.78 is 5.38. The van der Waals surface area contributed by atoms with E-state index in [1.807, 2.05) is 24.3 Å². The zero-order valence-electron chi connectivity index (χ0n) is 11.1. The summed E-state index contributed by atoms with van der Waals surface area (Å²) in [5, 5.41) is 6.22. The van der Waals surface area contributed by atoms with Gasteiger partial charge in [0, 0.05) is 18.8 Å². The average molecular weight is 285 g/mol. The lowest BCUT2D eigenvalue weighted by Crippen LogP contribution is -2.27. The van der Waals surface area contributed by atoms with Crippen molar-refractivity contribution in [3.05, 3.63) is 29.8 Å². The van der Waals surface area contributed by atoms with Gasteiger partial charge in [0.2, 0.25) is 0 Å². The Labute approximate surface area is 120 Å². The van der Waals surface area contributed by atoms with Crippen molar-refractivity contribution < 1.29 is 9.53 Å². The summed E-state index contributed by atoms with van der Waals surface area (Å²) in [5.41, 5.74) is 1.98. The second-order valence-corrected chi connectivity index (χ2v) is 4.43. The minimum atomic E-state index is -0.280. The van der Waals surface area contributed by atoms with Crippen LogP contribution in [0.15, 0.2) is 24.3 Å². The number of hydrogen-bond donors (Lipinski definition) is 2. The van der Waals surface area contributed by atoms with E-state index in [1.165, 1.54) is 0 Å². The van der Waals surface area contributed by atoms with Gasteiger partial charge in [-0.15, -0.1) is 12.4 Å². The van der Waals surface area contributed by atoms with Crippen LogP contribution >= 0.6 is 12.4 Å². The van der Waals surface area contributed by atoms with Crippen LogP contribution in [-0.2, 0) is 16.1 Å². The molecule has 4 nitrogen and oxygen atoms in total. The smallest absolute Gasteiger partial charge is 0.253 e. The molecule has 1 aromatic carbocycles. The second-order valence-electron chi connectivity index (χ2n) is 4.43. The number of benzene rings is 1. The molecule has 5 heteroatoms. The molecular weight excluding hydrogens is 264 g/mol. The molecule has 1 unspecified atom stereocenters. The Morgan fingerprint density at radius 3 is 2.89 bits per heavy atom. The quantitative estimate of drug-likeness (QED) is 0.872. The van der Waals surface area contributed by atoms with Crippen molar-refractivity contribution in [2.24, 2.45) is 0 Å². The SMILES string of the molecule is CCNCc1ccccc1NC(=O)C1CCCO1.Cl. The standard InChI is InChI=1S/C14H20N2O2.ClH/c1-2-15-10-11-6-3-4-7-12(11)16-14(17)13-8-5-9-18-13;/h3-4,6-7,13,15H,2,5,8-10H2,1H3,(H,16,17);1H. The molecule has 1 heterocycles. The molecule has 1 fully saturated rings. The van der Waals surface area contributed by atoms with Crippen molar-refractivity contribution in [2.45, 2.75) is 32.4 Å². The normalized spacial score (nSPS) is 17.8. The first kappa shape index (κ1) is 16.0. The number of anilines is 1. The second kappa shape index (κ2) is 8.15. The Balaban J connectivity index is 0.00000180. The highest BCUT2D eigenvalue weighted by Crippen LogP contribution is 2.18. The van der Waals surface area contributed by atoms with Gasteiger partial charge < -0.3 is 15.4 Å². The molecule has 2 rings (SSSR count). The summed E-state index contributed by atoms with van der Waals surface area (Å²) >= 11 is 0. The molecule has 1 saturated heterocycles. The maximum absolute atomic E-state index is 12.0. The van der Waals surface area contributed by atoms with E-state index in [0.717, 1.165) is 37.2 Å². The maximum Gasteiger partial charge on any atom is 0.253 e. The number of ether oxygens (including phenoxy) is 1. The lowest BCUT2D eigenvalue weighted by Gasteiger charge is -2.14. The molecule has 0 aliphatic carbocycles. The molecule has 106 valence electrons. The molecule has 1 aromatic rings. The predicted octanol–water partition coefficient (Wildman–Crippen LogP) is 2.34. The lowest BCUT2D eigenvalue weighted by atomic mass is 10.1. The highest BCUT2D eigenvalue weighted by atomic mass is 35.5. The van der Waals surface area contributed by atoms with Gasteiger partial charge in [-0.05, 0) is 31.0 Å². The van der Waals surface area contributed by atoms with Crippen LogP contribution in [0.1, 0.15) is 25.3 Å². The van der Waals surface area contributed by atoms with Crippen LogP contribution in [-0.4, -0.2) is 25.2 Å². The summed E-state index contributed by atoms with van der Waals surface area (Å²) in [5.74, 6) is -0.0311. The van der Waals surface area contributed by atoms with Crippen molar-refractivity contribution in [3.8, 4) is 0 Å². The average Bonchev–Trinajstić information content (AvgIpc) is 2.91. The van der Waals surface area contributed by atoms with Crippen LogP contribution in [0.3, 0.4) is 0 Å². The number of halogens is 1. The van der Waals surface area contributed by atoms with Crippen molar-refractivity contribution in [2.75, 3.05) is 18.5 Å². The Hall–Kier alpha value is -1.10. The van der Waals surface area contributed by atoms with Crippen molar-refractivity contribution in [1.29, 1.82) is 0 Å². The number of hydrogen-bond acceptors (Lipinski definition) is 3. The molecular formula is C14H21ClN2O2. The van der Waals surface area contributed by atoms with Crippen molar-refractivity contribution in [3.63, 3.8) is 0 Å². The first-order valence-corrected chi connectivity index (χ1v) is 6.52.